The number of sulfonamides is 1. The lowest BCUT2D eigenvalue weighted by Gasteiger charge is -2.06. The quantitative estimate of drug-likeness (QED) is 0.765. The molecule has 1 heterocycles. The number of aromatic nitrogens is 2. The van der Waals surface area contributed by atoms with Crippen LogP contribution in [0.5, 0.6) is 0 Å². The van der Waals surface area contributed by atoms with Crippen molar-refractivity contribution >= 4 is 27.4 Å². The number of hydrogen-bond acceptors (Lipinski definition) is 3. The van der Waals surface area contributed by atoms with Gasteiger partial charge in [-0.3, -0.25) is 4.72 Å². The molecule has 8 heteroatoms. The van der Waals surface area contributed by atoms with Crippen LogP contribution in [0.4, 0.5) is 10.2 Å². The summed E-state index contributed by atoms with van der Waals surface area (Å²) in [5.41, 5.74) is 1.57. The number of halogens is 2. The molecule has 124 valence electrons. The van der Waals surface area contributed by atoms with Crippen LogP contribution in [0.2, 0.25) is 5.02 Å². The predicted molar refractivity (Wildman–Crippen MR) is 90.5 cm³/mol. The molecule has 0 saturated carbocycles. The molecule has 2 aromatic carbocycles. The highest BCUT2D eigenvalue weighted by Gasteiger charge is 2.18. The summed E-state index contributed by atoms with van der Waals surface area (Å²) < 4.78 is 41.9. The zero-order valence-electron chi connectivity index (χ0n) is 12.6. The monoisotopic (exact) mass is 365 g/mol. The van der Waals surface area contributed by atoms with Crippen molar-refractivity contribution in [3.8, 4) is 5.69 Å². The second-order valence-corrected chi connectivity index (χ2v) is 7.19. The van der Waals surface area contributed by atoms with E-state index in [1.165, 1.54) is 0 Å². The highest BCUT2D eigenvalue weighted by molar-refractivity contribution is 7.92. The third-order valence-electron chi connectivity index (χ3n) is 3.33. The van der Waals surface area contributed by atoms with Gasteiger partial charge in [-0.15, -0.1) is 5.10 Å². The molecule has 0 radical (unpaired) electrons. The number of nitrogens with one attached hydrogen (secondary N) is 1. The summed E-state index contributed by atoms with van der Waals surface area (Å²) in [6, 6.07) is 14.1. The normalized spacial score (nSPS) is 11.5. The van der Waals surface area contributed by atoms with E-state index in [1.807, 2.05) is 37.3 Å². The Kier molecular flexibility index (Phi) is 4.29. The standard InChI is InChI=1S/C16H13ClFN3O2S/c1-11-9-16(19-21(11)12-5-3-2-4-6-12)20-24(22,23)13-7-8-15(18)14(17)10-13/h2-10H,1H3,(H,19,20). The molecule has 0 saturated heterocycles. The molecule has 0 bridgehead atoms. The van der Waals surface area contributed by atoms with Gasteiger partial charge in [0, 0.05) is 11.8 Å². The number of aryl methyl sites for hydroxylation is 1. The molecule has 0 unspecified atom stereocenters. The average Bonchev–Trinajstić information content (AvgIpc) is 2.90. The molecule has 0 aliphatic rings. The van der Waals surface area contributed by atoms with Gasteiger partial charge in [0.25, 0.3) is 10.0 Å². The first-order valence-corrected chi connectivity index (χ1v) is 8.83. The third kappa shape index (κ3) is 3.27. The molecule has 24 heavy (non-hydrogen) atoms. The Hall–Kier alpha value is -2.38. The van der Waals surface area contributed by atoms with E-state index in [1.54, 1.807) is 10.7 Å². The fourth-order valence-corrected chi connectivity index (χ4v) is 3.45. The van der Waals surface area contributed by atoms with Crippen LogP contribution in [0, 0.1) is 12.7 Å². The molecule has 1 N–H and O–H groups in total. The van der Waals surface area contributed by atoms with Crippen molar-refractivity contribution in [1.29, 1.82) is 0 Å². The summed E-state index contributed by atoms with van der Waals surface area (Å²) in [4.78, 5) is -0.138. The molecule has 0 fully saturated rings. The fraction of sp³-hybridized carbons (Fsp3) is 0.0625. The minimum Gasteiger partial charge on any atom is -0.262 e. The van der Waals surface area contributed by atoms with Crippen molar-refractivity contribution < 1.29 is 12.8 Å². The SMILES string of the molecule is Cc1cc(NS(=O)(=O)c2ccc(F)c(Cl)c2)nn1-c1ccccc1. The first-order valence-electron chi connectivity index (χ1n) is 6.97. The Labute approximate surface area is 143 Å². The van der Waals surface area contributed by atoms with Crippen molar-refractivity contribution in [2.75, 3.05) is 4.72 Å². The van der Waals surface area contributed by atoms with Gasteiger partial charge >= 0.3 is 0 Å². The number of rotatable bonds is 4. The molecule has 5 nitrogen and oxygen atoms in total. The second kappa shape index (κ2) is 6.26. The van der Waals surface area contributed by atoms with E-state index < -0.39 is 15.8 Å². The largest absolute Gasteiger partial charge is 0.263 e. The van der Waals surface area contributed by atoms with Gasteiger partial charge in [0.1, 0.15) is 5.82 Å². The molecule has 0 atom stereocenters. The van der Waals surface area contributed by atoms with Gasteiger partial charge in [-0.1, -0.05) is 29.8 Å². The predicted octanol–water partition coefficient (Wildman–Crippen LogP) is 3.77. The van der Waals surface area contributed by atoms with Gasteiger partial charge in [0.05, 0.1) is 15.6 Å². The molecule has 0 aliphatic heterocycles. The summed E-state index contributed by atoms with van der Waals surface area (Å²) in [5.74, 6) is -0.517. The summed E-state index contributed by atoms with van der Waals surface area (Å²) in [6.45, 7) is 1.81. The maximum Gasteiger partial charge on any atom is 0.263 e. The zero-order chi connectivity index (χ0) is 17.3. The molecular weight excluding hydrogens is 353 g/mol. The number of para-hydroxylation sites is 1. The van der Waals surface area contributed by atoms with E-state index in [9.17, 15) is 12.8 Å². The minimum absolute atomic E-state index is 0.138. The molecule has 3 rings (SSSR count). The number of nitrogens with zero attached hydrogens (tertiary/aromatic N) is 2. The Balaban J connectivity index is 1.92. The van der Waals surface area contributed by atoms with E-state index in [0.717, 1.165) is 29.6 Å². The van der Waals surface area contributed by atoms with Crippen LogP contribution >= 0.6 is 11.6 Å². The lowest BCUT2D eigenvalue weighted by molar-refractivity contribution is 0.599. The van der Waals surface area contributed by atoms with Crippen LogP contribution in [0.15, 0.2) is 59.5 Å². The Morgan fingerprint density at radius 3 is 2.50 bits per heavy atom. The summed E-state index contributed by atoms with van der Waals surface area (Å²) in [5, 5.41) is 3.99. The van der Waals surface area contributed by atoms with E-state index in [4.69, 9.17) is 11.6 Å². The maximum absolute atomic E-state index is 13.2. The number of benzene rings is 2. The molecule has 3 aromatic rings. The second-order valence-electron chi connectivity index (χ2n) is 5.10. The van der Waals surface area contributed by atoms with Crippen LogP contribution in [0.25, 0.3) is 5.69 Å². The van der Waals surface area contributed by atoms with Crippen LogP contribution in [-0.4, -0.2) is 18.2 Å². The maximum atomic E-state index is 13.2. The van der Waals surface area contributed by atoms with Crippen molar-refractivity contribution in [2.45, 2.75) is 11.8 Å². The molecule has 0 amide bonds. The van der Waals surface area contributed by atoms with Crippen LogP contribution < -0.4 is 4.72 Å². The zero-order valence-corrected chi connectivity index (χ0v) is 14.1. The minimum atomic E-state index is -3.92. The first-order chi connectivity index (χ1) is 11.4. The topological polar surface area (TPSA) is 64.0 Å². The van der Waals surface area contributed by atoms with Gasteiger partial charge in [-0.25, -0.2) is 17.5 Å². The van der Waals surface area contributed by atoms with Gasteiger partial charge in [-0.2, -0.15) is 0 Å². The van der Waals surface area contributed by atoms with Crippen molar-refractivity contribution in [3.63, 3.8) is 0 Å². The third-order valence-corrected chi connectivity index (χ3v) is 4.97. The highest BCUT2D eigenvalue weighted by atomic mass is 35.5. The highest BCUT2D eigenvalue weighted by Crippen LogP contribution is 2.22. The van der Waals surface area contributed by atoms with Crippen LogP contribution in [-0.2, 0) is 10.0 Å². The van der Waals surface area contributed by atoms with Crippen molar-refractivity contribution in [1.82, 2.24) is 9.78 Å². The van der Waals surface area contributed by atoms with Crippen LogP contribution in [0.3, 0.4) is 0 Å². The van der Waals surface area contributed by atoms with Gasteiger partial charge < -0.3 is 0 Å². The van der Waals surface area contributed by atoms with Crippen molar-refractivity contribution in [2.24, 2.45) is 0 Å². The smallest absolute Gasteiger partial charge is 0.262 e. The van der Waals surface area contributed by atoms with E-state index in [2.05, 4.69) is 9.82 Å². The fourth-order valence-electron chi connectivity index (χ4n) is 2.20. The van der Waals surface area contributed by atoms with Crippen LogP contribution in [0.1, 0.15) is 5.69 Å². The lowest BCUT2D eigenvalue weighted by atomic mass is 10.3. The summed E-state index contributed by atoms with van der Waals surface area (Å²) in [7, 11) is -3.92. The number of hydrogen-bond donors (Lipinski definition) is 1. The molecular formula is C16H13ClFN3O2S. The number of anilines is 1. The van der Waals surface area contributed by atoms with Crippen molar-refractivity contribution in [3.05, 3.63) is 71.1 Å². The first kappa shape index (κ1) is 16.5. The summed E-state index contributed by atoms with van der Waals surface area (Å²) in [6.07, 6.45) is 0. The van der Waals surface area contributed by atoms with E-state index in [-0.39, 0.29) is 15.7 Å². The molecule has 0 aliphatic carbocycles. The Bertz CT molecular complexity index is 988. The van der Waals surface area contributed by atoms with Gasteiger partial charge in [0.2, 0.25) is 0 Å². The summed E-state index contributed by atoms with van der Waals surface area (Å²) >= 11 is 5.65. The average molecular weight is 366 g/mol. The Morgan fingerprint density at radius 1 is 1.12 bits per heavy atom. The molecule has 0 spiro atoms. The van der Waals surface area contributed by atoms with E-state index in [0.29, 0.717) is 0 Å². The van der Waals surface area contributed by atoms with Gasteiger partial charge in [-0.05, 0) is 37.3 Å². The lowest BCUT2D eigenvalue weighted by Crippen LogP contribution is -2.13. The van der Waals surface area contributed by atoms with E-state index >= 15 is 0 Å². The molecule has 1 aromatic heterocycles. The Morgan fingerprint density at radius 2 is 1.83 bits per heavy atom. The van der Waals surface area contributed by atoms with Gasteiger partial charge in [0.15, 0.2) is 5.82 Å².